The number of methoxy groups -OCH3 is 1. The molecule has 1 aliphatic heterocycles. The molecule has 5 rings (SSSR count). The van der Waals surface area contributed by atoms with Gasteiger partial charge < -0.3 is 19.7 Å². The molecule has 0 saturated carbocycles. The summed E-state index contributed by atoms with van der Waals surface area (Å²) in [4.78, 5) is 29.1. The summed E-state index contributed by atoms with van der Waals surface area (Å²) in [6.07, 6.45) is 3.07. The summed E-state index contributed by atoms with van der Waals surface area (Å²) in [6, 6.07) is 13.1. The van der Waals surface area contributed by atoms with Gasteiger partial charge in [-0.1, -0.05) is 67.2 Å². The zero-order valence-electron chi connectivity index (χ0n) is 32.9. The first-order chi connectivity index (χ1) is 25.4. The van der Waals surface area contributed by atoms with Gasteiger partial charge in [-0.15, -0.1) is 11.3 Å². The predicted molar refractivity (Wildman–Crippen MR) is 220 cm³/mol. The molecule has 0 unspecified atom stereocenters. The highest BCUT2D eigenvalue weighted by atomic mass is 32.1. The lowest BCUT2D eigenvalue weighted by molar-refractivity contribution is -0.125. The number of hydrogen-bond acceptors (Lipinski definition) is 7. The molecule has 8 nitrogen and oxygen atoms in total. The fraction of sp³-hybridized carbons (Fsp3) is 0.429. The molecular formula is C42H58FN5O3S. The Morgan fingerprint density at radius 2 is 1.83 bits per heavy atom. The number of nitrogens with zero attached hydrogens (tertiary/aromatic N) is 4. The lowest BCUT2D eigenvalue weighted by atomic mass is 9.94. The van der Waals surface area contributed by atoms with Crippen molar-refractivity contribution in [2.24, 2.45) is 9.98 Å². The molecule has 0 aliphatic carbocycles. The third-order valence-corrected chi connectivity index (χ3v) is 8.78. The number of fused-ring (bicyclic) bond motifs is 2. The zero-order chi connectivity index (χ0) is 38.6. The lowest BCUT2D eigenvalue weighted by Gasteiger charge is -2.21. The van der Waals surface area contributed by atoms with Crippen molar-refractivity contribution in [1.82, 2.24) is 15.2 Å². The Hall–Kier alpha value is -4.25. The second kappa shape index (κ2) is 23.3. The van der Waals surface area contributed by atoms with E-state index in [1.807, 2.05) is 60.8 Å². The lowest BCUT2D eigenvalue weighted by Crippen LogP contribution is -2.34. The van der Waals surface area contributed by atoms with Gasteiger partial charge in [0.25, 0.3) is 0 Å². The monoisotopic (exact) mass is 731 g/mol. The van der Waals surface area contributed by atoms with Crippen LogP contribution in [0.5, 0.6) is 5.75 Å². The third-order valence-electron chi connectivity index (χ3n) is 7.85. The number of amides is 1. The molecule has 1 N–H and O–H groups in total. The van der Waals surface area contributed by atoms with Crippen molar-refractivity contribution < 1.29 is 18.7 Å². The van der Waals surface area contributed by atoms with Crippen LogP contribution in [0.3, 0.4) is 0 Å². The maximum atomic E-state index is 14.6. The minimum atomic E-state index is -0.408. The van der Waals surface area contributed by atoms with Crippen molar-refractivity contribution in [1.29, 1.82) is 0 Å². The van der Waals surface area contributed by atoms with Crippen LogP contribution in [-0.4, -0.2) is 74.3 Å². The van der Waals surface area contributed by atoms with Crippen LogP contribution in [0.4, 0.5) is 4.39 Å². The highest BCUT2D eigenvalue weighted by Crippen LogP contribution is 2.43. The van der Waals surface area contributed by atoms with Gasteiger partial charge in [-0.25, -0.2) is 14.4 Å². The number of halogens is 1. The van der Waals surface area contributed by atoms with E-state index < -0.39 is 5.82 Å². The summed E-state index contributed by atoms with van der Waals surface area (Å²) < 4.78 is 26.8. The van der Waals surface area contributed by atoms with Crippen molar-refractivity contribution in [3.63, 3.8) is 0 Å². The molecule has 0 atom stereocenters. The number of carbonyl (C=O) groups is 1. The first-order valence-corrected chi connectivity index (χ1v) is 19.3. The number of thiophene rings is 1. The van der Waals surface area contributed by atoms with Gasteiger partial charge in [0.15, 0.2) is 5.84 Å². The van der Waals surface area contributed by atoms with E-state index in [1.165, 1.54) is 29.3 Å². The summed E-state index contributed by atoms with van der Waals surface area (Å²) in [7, 11) is 3.28. The number of rotatable bonds is 12. The Morgan fingerprint density at radius 1 is 1.08 bits per heavy atom. The standard InChI is InChI=1S/C36H40FN5O3S.3C2H6/c1-6-15-42(31(43)7-2)22-23(3)40-36(38-4)34-32(28-11-10-27(37)20-30(28)45-17-16-44-5)35-29(13-18-46-35)33(41-34)25-8-9-26-21-39-14-12-24(26)19-25;3*1-2/h7-11,13,18-20,39H,2,6,12,14-17,21-22H2,1,3-5H3;3*1-2H3. The Labute approximate surface area is 314 Å². The minimum absolute atomic E-state index is 0.153. The smallest absolute Gasteiger partial charge is 0.246 e. The summed E-state index contributed by atoms with van der Waals surface area (Å²) in [5.41, 5.74) is 7.11. The molecule has 52 heavy (non-hydrogen) atoms. The minimum Gasteiger partial charge on any atom is -0.490 e. The van der Waals surface area contributed by atoms with E-state index >= 15 is 0 Å². The van der Waals surface area contributed by atoms with E-state index in [-0.39, 0.29) is 12.5 Å². The molecule has 0 spiro atoms. The second-order valence-electron chi connectivity index (χ2n) is 11.1. The molecule has 2 aromatic carbocycles. The number of carbonyl (C=O) groups excluding carboxylic acids is 1. The maximum absolute atomic E-state index is 14.6. The van der Waals surface area contributed by atoms with Crippen LogP contribution in [-0.2, 0) is 22.5 Å². The molecule has 0 bridgehead atoms. The molecule has 0 fully saturated rings. The van der Waals surface area contributed by atoms with Crippen LogP contribution < -0.4 is 10.1 Å². The average molecular weight is 732 g/mol. The molecule has 4 aromatic rings. The molecule has 1 aliphatic rings. The fourth-order valence-electron chi connectivity index (χ4n) is 5.71. The van der Waals surface area contributed by atoms with E-state index in [0.717, 1.165) is 52.8 Å². The highest BCUT2D eigenvalue weighted by Gasteiger charge is 2.25. The van der Waals surface area contributed by atoms with Crippen LogP contribution in [0.2, 0.25) is 0 Å². The zero-order valence-corrected chi connectivity index (χ0v) is 33.7. The third kappa shape index (κ3) is 11.1. The number of aliphatic imine (C=N–C) groups is 2. The van der Waals surface area contributed by atoms with E-state index in [4.69, 9.17) is 19.5 Å². The largest absolute Gasteiger partial charge is 0.490 e. The predicted octanol–water partition coefficient (Wildman–Crippen LogP) is 9.78. The fourth-order valence-corrected chi connectivity index (χ4v) is 6.66. The van der Waals surface area contributed by atoms with Crippen LogP contribution in [0.1, 0.15) is 78.6 Å². The first-order valence-electron chi connectivity index (χ1n) is 18.5. The summed E-state index contributed by atoms with van der Waals surface area (Å²) in [6.45, 7) is 22.8. The topological polar surface area (TPSA) is 88.4 Å². The van der Waals surface area contributed by atoms with Crippen molar-refractivity contribution in [3.05, 3.63) is 83.1 Å². The quantitative estimate of drug-likeness (QED) is 0.0679. The first kappa shape index (κ1) is 43.9. The van der Waals surface area contributed by atoms with Crippen LogP contribution in [0, 0.1) is 5.82 Å². The summed E-state index contributed by atoms with van der Waals surface area (Å²) >= 11 is 1.58. The normalized spacial score (nSPS) is 12.3. The summed E-state index contributed by atoms with van der Waals surface area (Å²) in [5.74, 6) is 0.222. The van der Waals surface area contributed by atoms with Crippen LogP contribution in [0.25, 0.3) is 32.5 Å². The van der Waals surface area contributed by atoms with E-state index in [9.17, 15) is 9.18 Å². The molecule has 1 amide bonds. The molecule has 3 heterocycles. The van der Waals surface area contributed by atoms with E-state index in [1.54, 1.807) is 36.5 Å². The summed E-state index contributed by atoms with van der Waals surface area (Å²) in [5, 5.41) is 6.46. The Morgan fingerprint density at radius 3 is 2.50 bits per heavy atom. The van der Waals surface area contributed by atoms with Gasteiger partial charge in [0.2, 0.25) is 5.91 Å². The van der Waals surface area contributed by atoms with Gasteiger partial charge in [-0.05, 0) is 73.2 Å². The Bertz CT molecular complexity index is 1800. The second-order valence-corrected chi connectivity index (χ2v) is 12.0. The highest BCUT2D eigenvalue weighted by molar-refractivity contribution is 7.18. The average Bonchev–Trinajstić information content (AvgIpc) is 3.68. The molecule has 2 aromatic heterocycles. The van der Waals surface area contributed by atoms with Crippen LogP contribution in [0.15, 0.2) is 70.5 Å². The number of benzene rings is 2. The van der Waals surface area contributed by atoms with Gasteiger partial charge in [0, 0.05) is 65.8 Å². The van der Waals surface area contributed by atoms with Gasteiger partial charge in [-0.3, -0.25) is 9.79 Å². The number of ether oxygens (including phenoxy) is 2. The number of hydrogen-bond donors (Lipinski definition) is 1. The molecular weight excluding hydrogens is 674 g/mol. The molecule has 282 valence electrons. The van der Waals surface area contributed by atoms with Gasteiger partial charge in [0.1, 0.15) is 23.9 Å². The number of pyridine rings is 1. The van der Waals surface area contributed by atoms with Gasteiger partial charge >= 0.3 is 0 Å². The van der Waals surface area contributed by atoms with Crippen molar-refractivity contribution in [2.75, 3.05) is 47.0 Å². The molecule has 0 radical (unpaired) electrons. The SMILES string of the molecule is C=CC(=O)N(CCC)CC(C)=NC(=NC)c1nc(-c2ccc3c(c2)CCNC3)c2ccsc2c1-c1ccc(F)cc1OCCOC.CC.CC.CC. The maximum Gasteiger partial charge on any atom is 0.246 e. The van der Waals surface area contributed by atoms with Crippen molar-refractivity contribution in [2.45, 2.75) is 74.8 Å². The number of amidine groups is 1. The Balaban J connectivity index is 0.00000148. The molecule has 10 heteroatoms. The Kier molecular flexibility index (Phi) is 19.7. The van der Waals surface area contributed by atoms with Gasteiger partial charge in [0.05, 0.1) is 18.8 Å². The van der Waals surface area contributed by atoms with Crippen LogP contribution >= 0.6 is 11.3 Å². The van der Waals surface area contributed by atoms with Crippen molar-refractivity contribution in [3.8, 4) is 28.1 Å². The number of aromatic nitrogens is 1. The molecule has 0 saturated heterocycles. The van der Waals surface area contributed by atoms with E-state index in [2.05, 4.69) is 41.2 Å². The van der Waals surface area contributed by atoms with E-state index in [0.29, 0.717) is 48.3 Å². The van der Waals surface area contributed by atoms with Crippen molar-refractivity contribution >= 4 is 38.9 Å². The number of nitrogens with one attached hydrogen (secondary N) is 1. The van der Waals surface area contributed by atoms with Gasteiger partial charge in [-0.2, -0.15) is 0 Å².